The molecule has 0 spiro atoms. The van der Waals surface area contributed by atoms with Crippen LogP contribution < -0.4 is 9.62 Å². The molecule has 2 aliphatic heterocycles. The lowest BCUT2D eigenvalue weighted by molar-refractivity contribution is -0.133. The van der Waals surface area contributed by atoms with Crippen molar-refractivity contribution in [2.45, 2.75) is 37.6 Å². The summed E-state index contributed by atoms with van der Waals surface area (Å²) in [7, 11) is -3.66. The predicted molar refractivity (Wildman–Crippen MR) is 136 cm³/mol. The Kier molecular flexibility index (Phi) is 6.22. The molecule has 2 aromatic carbocycles. The number of anilines is 1. The van der Waals surface area contributed by atoms with Gasteiger partial charge in [0.25, 0.3) is 10.0 Å². The molecule has 35 heavy (non-hydrogen) atoms. The van der Waals surface area contributed by atoms with Gasteiger partial charge in [-0.3, -0.25) is 14.5 Å². The van der Waals surface area contributed by atoms with E-state index in [-0.39, 0.29) is 22.6 Å². The normalized spacial score (nSPS) is 20.3. The molecule has 1 amide bonds. The maximum absolute atomic E-state index is 13.7. The van der Waals surface area contributed by atoms with Gasteiger partial charge in [0.2, 0.25) is 11.9 Å². The summed E-state index contributed by atoms with van der Waals surface area (Å²) >= 11 is 0. The third-order valence-electron chi connectivity index (χ3n) is 6.85. The lowest BCUT2D eigenvalue weighted by Gasteiger charge is -2.27. The molecule has 0 unspecified atom stereocenters. The lowest BCUT2D eigenvalue weighted by atomic mass is 9.98. The van der Waals surface area contributed by atoms with Gasteiger partial charge >= 0.3 is 0 Å². The number of fused-ring (bicyclic) bond motifs is 2. The number of rotatable bonds is 5. The zero-order valence-corrected chi connectivity index (χ0v) is 20.8. The second-order valence-corrected chi connectivity index (χ2v) is 10.8. The fourth-order valence-electron chi connectivity index (χ4n) is 4.64. The third-order valence-corrected chi connectivity index (χ3v) is 8.25. The molecular weight excluding hydrogens is 464 g/mol. The van der Waals surface area contributed by atoms with Crippen molar-refractivity contribution in [3.8, 4) is 0 Å². The average molecular weight is 495 g/mol. The Bertz CT molecular complexity index is 1350. The zero-order valence-electron chi connectivity index (χ0n) is 19.9. The Labute approximate surface area is 205 Å². The van der Waals surface area contributed by atoms with Crippen LogP contribution >= 0.6 is 0 Å². The van der Waals surface area contributed by atoms with E-state index in [1.54, 1.807) is 24.3 Å². The number of hydrogen-bond donors (Lipinski definition) is 2. The Hall–Kier alpha value is -3.40. The predicted octanol–water partition coefficient (Wildman–Crippen LogP) is 2.76. The van der Waals surface area contributed by atoms with Gasteiger partial charge < -0.3 is 14.8 Å². The van der Waals surface area contributed by atoms with Crippen molar-refractivity contribution < 1.29 is 13.2 Å². The standard InChI is InChI=1S/C25H30N6O3S/c1-3-17(2)22(28-23-18-9-4-7-12-21(18)35(33,34)29-23)24(32)30-13-8-14-31(16-15-30)25-26-19-10-5-6-11-20(19)27-25/h4-7,9-12,17,22H,3,8,13-16H2,1-2H3,(H,26,27)(H,28,29)/t17-,22-/m0/s1. The topological polar surface area (TPSA) is 111 Å². The summed E-state index contributed by atoms with van der Waals surface area (Å²) in [6.45, 7) is 6.62. The number of carbonyl (C=O) groups excluding carboxylic acids is 1. The molecule has 2 atom stereocenters. The number of H-pyrrole nitrogens is 1. The van der Waals surface area contributed by atoms with E-state index in [9.17, 15) is 13.2 Å². The van der Waals surface area contributed by atoms with Crippen LogP contribution in [0.25, 0.3) is 11.0 Å². The van der Waals surface area contributed by atoms with Gasteiger partial charge in [0, 0.05) is 31.7 Å². The van der Waals surface area contributed by atoms with Gasteiger partial charge in [0.1, 0.15) is 11.9 Å². The quantitative estimate of drug-likeness (QED) is 0.567. The molecule has 3 aromatic rings. The van der Waals surface area contributed by atoms with Crippen LogP contribution in [0.15, 0.2) is 58.4 Å². The van der Waals surface area contributed by atoms with Crippen LogP contribution in [-0.2, 0) is 14.8 Å². The van der Waals surface area contributed by atoms with E-state index in [4.69, 9.17) is 9.98 Å². The number of aromatic nitrogens is 2. The molecule has 0 saturated carbocycles. The lowest BCUT2D eigenvalue weighted by Crippen LogP contribution is -2.44. The largest absolute Gasteiger partial charge is 0.341 e. The van der Waals surface area contributed by atoms with Crippen LogP contribution in [0.4, 0.5) is 5.95 Å². The summed E-state index contributed by atoms with van der Waals surface area (Å²) < 4.78 is 27.6. The molecular formula is C25H30N6O3S. The van der Waals surface area contributed by atoms with Crippen LogP contribution in [0.5, 0.6) is 0 Å². The van der Waals surface area contributed by atoms with Gasteiger partial charge in [0.05, 0.1) is 15.9 Å². The summed E-state index contributed by atoms with van der Waals surface area (Å²) in [6, 6.07) is 14.0. The number of para-hydroxylation sites is 2. The maximum atomic E-state index is 13.7. The highest BCUT2D eigenvalue weighted by Gasteiger charge is 2.35. The van der Waals surface area contributed by atoms with Crippen LogP contribution in [0.2, 0.25) is 0 Å². The number of amides is 1. The van der Waals surface area contributed by atoms with Crippen molar-refractivity contribution in [3.63, 3.8) is 0 Å². The Morgan fingerprint density at radius 2 is 1.86 bits per heavy atom. The minimum atomic E-state index is -3.66. The molecule has 2 aliphatic rings. The summed E-state index contributed by atoms with van der Waals surface area (Å²) in [5.41, 5.74) is 2.43. The van der Waals surface area contributed by atoms with Crippen LogP contribution in [0.1, 0.15) is 32.3 Å². The molecule has 0 bridgehead atoms. The van der Waals surface area contributed by atoms with Gasteiger partial charge in [-0.25, -0.2) is 13.4 Å². The highest BCUT2D eigenvalue weighted by atomic mass is 32.2. The van der Waals surface area contributed by atoms with Gasteiger partial charge in [0.15, 0.2) is 0 Å². The van der Waals surface area contributed by atoms with Crippen molar-refractivity contribution in [2.75, 3.05) is 31.1 Å². The molecule has 9 nitrogen and oxygen atoms in total. The minimum absolute atomic E-state index is 0.0398. The van der Waals surface area contributed by atoms with Gasteiger partial charge in [-0.1, -0.05) is 44.5 Å². The summed E-state index contributed by atoms with van der Waals surface area (Å²) in [5.74, 6) is 0.957. The minimum Gasteiger partial charge on any atom is -0.341 e. The Balaban J connectivity index is 1.37. The Morgan fingerprint density at radius 3 is 2.66 bits per heavy atom. The van der Waals surface area contributed by atoms with E-state index in [1.807, 2.05) is 43.0 Å². The number of aromatic amines is 1. The molecule has 3 heterocycles. The smallest absolute Gasteiger partial charge is 0.263 e. The zero-order chi connectivity index (χ0) is 24.6. The number of hydrogen-bond acceptors (Lipinski definition) is 6. The van der Waals surface area contributed by atoms with Crippen molar-refractivity contribution in [1.29, 1.82) is 0 Å². The van der Waals surface area contributed by atoms with Gasteiger partial charge in [-0.15, -0.1) is 0 Å². The van der Waals surface area contributed by atoms with Crippen LogP contribution in [-0.4, -0.2) is 67.2 Å². The van der Waals surface area contributed by atoms with Crippen molar-refractivity contribution in [3.05, 3.63) is 54.1 Å². The van der Waals surface area contributed by atoms with Crippen molar-refractivity contribution >= 4 is 38.7 Å². The first-order valence-electron chi connectivity index (χ1n) is 12.1. The average Bonchev–Trinajstić information content (AvgIpc) is 3.29. The molecule has 2 N–H and O–H groups in total. The fraction of sp³-hybridized carbons (Fsp3) is 0.400. The van der Waals surface area contributed by atoms with E-state index >= 15 is 0 Å². The van der Waals surface area contributed by atoms with Gasteiger partial charge in [-0.05, 0) is 36.6 Å². The number of amidine groups is 1. The Morgan fingerprint density at radius 1 is 1.09 bits per heavy atom. The monoisotopic (exact) mass is 494 g/mol. The van der Waals surface area contributed by atoms with Crippen molar-refractivity contribution in [1.82, 2.24) is 19.6 Å². The fourth-order valence-corrected chi connectivity index (χ4v) is 5.88. The highest BCUT2D eigenvalue weighted by molar-refractivity contribution is 7.90. The van der Waals surface area contributed by atoms with E-state index in [0.717, 1.165) is 36.4 Å². The van der Waals surface area contributed by atoms with Crippen LogP contribution in [0, 0.1) is 5.92 Å². The van der Waals surface area contributed by atoms with E-state index in [1.165, 1.54) is 0 Å². The first-order chi connectivity index (χ1) is 16.9. The van der Waals surface area contributed by atoms with E-state index < -0.39 is 16.1 Å². The van der Waals surface area contributed by atoms with Crippen LogP contribution in [0.3, 0.4) is 0 Å². The first-order valence-corrected chi connectivity index (χ1v) is 13.5. The van der Waals surface area contributed by atoms with E-state index in [0.29, 0.717) is 25.2 Å². The molecule has 1 aromatic heterocycles. The number of carbonyl (C=O) groups is 1. The van der Waals surface area contributed by atoms with Gasteiger partial charge in [-0.2, -0.15) is 0 Å². The van der Waals surface area contributed by atoms with E-state index in [2.05, 4.69) is 14.6 Å². The number of nitrogens with one attached hydrogen (secondary N) is 2. The molecule has 184 valence electrons. The highest BCUT2D eigenvalue weighted by Crippen LogP contribution is 2.25. The SMILES string of the molecule is CC[C@H](C)[C@H](N=C1NS(=O)(=O)c2ccccc21)C(=O)N1CCCN(c2nc3ccccc3[nH]2)CC1. The second-order valence-electron chi connectivity index (χ2n) is 9.15. The molecule has 5 rings (SSSR count). The number of nitrogens with zero attached hydrogens (tertiary/aromatic N) is 4. The molecule has 0 radical (unpaired) electrons. The molecule has 1 saturated heterocycles. The third kappa shape index (κ3) is 4.50. The molecule has 0 aliphatic carbocycles. The number of benzene rings is 2. The maximum Gasteiger partial charge on any atom is 0.263 e. The number of imidazole rings is 1. The molecule has 10 heteroatoms. The number of aliphatic imine (C=N–C) groups is 1. The van der Waals surface area contributed by atoms with Crippen molar-refractivity contribution in [2.24, 2.45) is 10.9 Å². The summed E-state index contributed by atoms with van der Waals surface area (Å²) in [6.07, 6.45) is 1.56. The summed E-state index contributed by atoms with van der Waals surface area (Å²) in [5, 5.41) is 0. The second kappa shape index (κ2) is 9.33. The summed E-state index contributed by atoms with van der Waals surface area (Å²) in [4.78, 5) is 30.7. The first kappa shape index (κ1) is 23.3. The molecule has 1 fully saturated rings. The number of sulfonamides is 1.